The van der Waals surface area contributed by atoms with Gasteiger partial charge in [-0.2, -0.15) is 0 Å². The van der Waals surface area contributed by atoms with E-state index >= 15 is 0 Å². The van der Waals surface area contributed by atoms with E-state index in [0.717, 1.165) is 26.1 Å². The summed E-state index contributed by atoms with van der Waals surface area (Å²) in [6.45, 7) is 5.39. The minimum absolute atomic E-state index is 0.280. The lowest BCUT2D eigenvalue weighted by Crippen LogP contribution is -2.29. The molecule has 0 radical (unpaired) electrons. The highest BCUT2D eigenvalue weighted by atomic mass is 35.5. The number of methoxy groups -OCH3 is 2. The molecule has 1 aliphatic rings. The van der Waals surface area contributed by atoms with Gasteiger partial charge in [0.1, 0.15) is 0 Å². The van der Waals surface area contributed by atoms with E-state index in [0.29, 0.717) is 16.5 Å². The number of halogens is 1. The Labute approximate surface area is 161 Å². The van der Waals surface area contributed by atoms with Gasteiger partial charge in [-0.05, 0) is 42.1 Å². The summed E-state index contributed by atoms with van der Waals surface area (Å²) in [5.41, 5.74) is 3.77. The molecule has 0 saturated heterocycles. The molecule has 3 rings (SSSR count). The van der Waals surface area contributed by atoms with Crippen LogP contribution in [0.4, 0.5) is 0 Å². The second-order valence-corrected chi connectivity index (χ2v) is 7.24. The van der Waals surface area contributed by atoms with Gasteiger partial charge in [-0.3, -0.25) is 0 Å². The SMILES string of the molecule is CCCCN1CCc2c(cc(OC)c(OC)c2Cl)C(c2ccccc2)C1. The molecule has 4 heteroatoms. The molecule has 0 aromatic heterocycles. The Hall–Kier alpha value is -1.71. The van der Waals surface area contributed by atoms with Crippen molar-refractivity contribution < 1.29 is 9.47 Å². The van der Waals surface area contributed by atoms with E-state index in [2.05, 4.69) is 48.2 Å². The zero-order valence-corrected chi connectivity index (χ0v) is 16.7. The summed E-state index contributed by atoms with van der Waals surface area (Å²) in [5.74, 6) is 1.63. The molecular weight excluding hydrogens is 346 g/mol. The largest absolute Gasteiger partial charge is 0.493 e. The van der Waals surface area contributed by atoms with Crippen molar-refractivity contribution >= 4 is 11.6 Å². The molecule has 1 heterocycles. The molecule has 0 bridgehead atoms. The maximum atomic E-state index is 6.76. The lowest BCUT2D eigenvalue weighted by molar-refractivity contribution is 0.272. The molecule has 0 N–H and O–H groups in total. The second kappa shape index (κ2) is 8.79. The molecular formula is C22H28ClNO2. The maximum absolute atomic E-state index is 6.76. The van der Waals surface area contributed by atoms with Gasteiger partial charge in [0.05, 0.1) is 19.2 Å². The van der Waals surface area contributed by atoms with Crippen LogP contribution in [0, 0.1) is 0 Å². The van der Waals surface area contributed by atoms with Gasteiger partial charge in [-0.1, -0.05) is 55.3 Å². The highest BCUT2D eigenvalue weighted by Crippen LogP contribution is 2.44. The van der Waals surface area contributed by atoms with E-state index < -0.39 is 0 Å². The van der Waals surface area contributed by atoms with Crippen LogP contribution < -0.4 is 9.47 Å². The smallest absolute Gasteiger partial charge is 0.179 e. The van der Waals surface area contributed by atoms with E-state index in [1.807, 2.05) is 0 Å². The van der Waals surface area contributed by atoms with E-state index in [-0.39, 0.29) is 5.92 Å². The fraction of sp³-hybridized carbons (Fsp3) is 0.455. The van der Waals surface area contributed by atoms with Crippen molar-refractivity contribution in [2.24, 2.45) is 0 Å². The molecule has 0 aliphatic carbocycles. The van der Waals surface area contributed by atoms with Gasteiger partial charge >= 0.3 is 0 Å². The normalized spacial score (nSPS) is 17.5. The lowest BCUT2D eigenvalue weighted by atomic mass is 9.87. The standard InChI is InChI=1S/C22H28ClNO2/c1-4-5-12-24-13-11-17-18(14-20(25-2)22(26-3)21(17)23)19(15-24)16-9-7-6-8-10-16/h6-10,14,19H,4-5,11-13,15H2,1-3H3. The van der Waals surface area contributed by atoms with Crippen LogP contribution in [0.5, 0.6) is 11.5 Å². The summed E-state index contributed by atoms with van der Waals surface area (Å²) in [5, 5.41) is 0.695. The molecule has 140 valence electrons. The van der Waals surface area contributed by atoms with Crippen LogP contribution in [0.2, 0.25) is 5.02 Å². The van der Waals surface area contributed by atoms with Crippen molar-refractivity contribution in [1.82, 2.24) is 4.90 Å². The predicted molar refractivity (Wildman–Crippen MR) is 108 cm³/mol. The Morgan fingerprint density at radius 3 is 2.58 bits per heavy atom. The Kier molecular flexibility index (Phi) is 6.44. The highest BCUT2D eigenvalue weighted by molar-refractivity contribution is 6.33. The molecule has 3 nitrogen and oxygen atoms in total. The summed E-state index contributed by atoms with van der Waals surface area (Å²) in [4.78, 5) is 2.57. The summed E-state index contributed by atoms with van der Waals surface area (Å²) >= 11 is 6.76. The van der Waals surface area contributed by atoms with E-state index in [1.54, 1.807) is 14.2 Å². The highest BCUT2D eigenvalue weighted by Gasteiger charge is 2.28. The number of benzene rings is 2. The van der Waals surface area contributed by atoms with Gasteiger partial charge in [0.2, 0.25) is 0 Å². The zero-order chi connectivity index (χ0) is 18.5. The Morgan fingerprint density at radius 1 is 1.15 bits per heavy atom. The average molecular weight is 374 g/mol. The third-order valence-corrected chi connectivity index (χ3v) is 5.67. The van der Waals surface area contributed by atoms with E-state index in [9.17, 15) is 0 Å². The second-order valence-electron chi connectivity index (χ2n) is 6.86. The number of fused-ring (bicyclic) bond motifs is 1. The molecule has 0 spiro atoms. The number of rotatable bonds is 6. The monoisotopic (exact) mass is 373 g/mol. The maximum Gasteiger partial charge on any atom is 0.179 e. The van der Waals surface area contributed by atoms with Crippen LogP contribution in [0.15, 0.2) is 36.4 Å². The average Bonchev–Trinajstić information content (AvgIpc) is 2.86. The van der Waals surface area contributed by atoms with Crippen LogP contribution >= 0.6 is 11.6 Å². The van der Waals surface area contributed by atoms with Crippen LogP contribution in [-0.4, -0.2) is 38.8 Å². The van der Waals surface area contributed by atoms with Crippen LogP contribution in [0.1, 0.15) is 42.4 Å². The molecule has 1 aliphatic heterocycles. The lowest BCUT2D eigenvalue weighted by Gasteiger charge is -2.25. The van der Waals surface area contributed by atoms with Crippen molar-refractivity contribution in [3.8, 4) is 11.5 Å². The van der Waals surface area contributed by atoms with E-state index in [1.165, 1.54) is 29.5 Å². The quantitative estimate of drug-likeness (QED) is 0.699. The van der Waals surface area contributed by atoms with Crippen molar-refractivity contribution in [3.63, 3.8) is 0 Å². The molecule has 2 aromatic carbocycles. The van der Waals surface area contributed by atoms with Gasteiger partial charge in [0, 0.05) is 19.0 Å². The van der Waals surface area contributed by atoms with Gasteiger partial charge in [-0.25, -0.2) is 0 Å². The number of hydrogen-bond acceptors (Lipinski definition) is 3. The van der Waals surface area contributed by atoms with Gasteiger partial charge in [0.25, 0.3) is 0 Å². The molecule has 0 fully saturated rings. The minimum Gasteiger partial charge on any atom is -0.493 e. The summed E-state index contributed by atoms with van der Waals surface area (Å²) in [6.07, 6.45) is 3.36. The summed E-state index contributed by atoms with van der Waals surface area (Å²) in [6, 6.07) is 12.8. The van der Waals surface area contributed by atoms with Gasteiger partial charge < -0.3 is 14.4 Å². The van der Waals surface area contributed by atoms with Gasteiger partial charge in [0.15, 0.2) is 11.5 Å². The van der Waals surface area contributed by atoms with Crippen LogP contribution in [-0.2, 0) is 6.42 Å². The summed E-state index contributed by atoms with van der Waals surface area (Å²) in [7, 11) is 3.32. The molecule has 1 atom stereocenters. The topological polar surface area (TPSA) is 21.7 Å². The predicted octanol–water partition coefficient (Wildman–Crippen LogP) is 5.15. The molecule has 0 amide bonds. The number of ether oxygens (including phenoxy) is 2. The molecule has 26 heavy (non-hydrogen) atoms. The molecule has 2 aromatic rings. The Bertz CT molecular complexity index is 733. The van der Waals surface area contributed by atoms with Crippen molar-refractivity contribution in [2.75, 3.05) is 33.9 Å². The third kappa shape index (κ3) is 3.84. The van der Waals surface area contributed by atoms with Crippen molar-refractivity contribution in [3.05, 3.63) is 58.1 Å². The summed E-state index contributed by atoms with van der Waals surface area (Å²) < 4.78 is 11.1. The Morgan fingerprint density at radius 2 is 1.92 bits per heavy atom. The first-order valence-corrected chi connectivity index (χ1v) is 9.77. The molecule has 0 saturated carbocycles. The van der Waals surface area contributed by atoms with E-state index in [4.69, 9.17) is 21.1 Å². The zero-order valence-electron chi connectivity index (χ0n) is 15.9. The fourth-order valence-corrected chi connectivity index (χ4v) is 4.22. The minimum atomic E-state index is 0.280. The first-order valence-electron chi connectivity index (χ1n) is 9.40. The number of hydrogen-bond donors (Lipinski definition) is 0. The fourth-order valence-electron chi connectivity index (χ4n) is 3.85. The van der Waals surface area contributed by atoms with Crippen LogP contribution in [0.25, 0.3) is 0 Å². The molecule has 1 unspecified atom stereocenters. The third-order valence-electron chi connectivity index (χ3n) is 5.27. The van der Waals surface area contributed by atoms with Crippen molar-refractivity contribution in [2.45, 2.75) is 32.1 Å². The van der Waals surface area contributed by atoms with Gasteiger partial charge in [-0.15, -0.1) is 0 Å². The number of unbranched alkanes of at least 4 members (excludes halogenated alkanes) is 1. The van der Waals surface area contributed by atoms with Crippen LogP contribution in [0.3, 0.4) is 0 Å². The van der Waals surface area contributed by atoms with Crippen molar-refractivity contribution in [1.29, 1.82) is 0 Å². The Balaban J connectivity index is 2.09. The number of nitrogens with zero attached hydrogens (tertiary/aromatic N) is 1. The first kappa shape index (κ1) is 19.1. The first-order chi connectivity index (χ1) is 12.7.